The van der Waals surface area contributed by atoms with E-state index in [1.165, 1.54) is 18.9 Å². The average molecular weight is 246 g/mol. The van der Waals surface area contributed by atoms with Crippen LogP contribution in [0.1, 0.15) is 31.1 Å². The van der Waals surface area contributed by atoms with Crippen molar-refractivity contribution in [1.82, 2.24) is 20.4 Å². The van der Waals surface area contributed by atoms with Crippen molar-refractivity contribution in [1.29, 1.82) is 0 Å². The number of hydrogen-bond donors (Lipinski definition) is 2. The van der Waals surface area contributed by atoms with Crippen molar-refractivity contribution in [2.75, 3.05) is 6.54 Å². The Kier molecular flexibility index (Phi) is 2.93. The zero-order valence-corrected chi connectivity index (χ0v) is 9.85. The first-order chi connectivity index (χ1) is 8.83. The van der Waals surface area contributed by atoms with Gasteiger partial charge in [-0.3, -0.25) is 4.79 Å². The smallest absolute Gasteiger partial charge is 0.258 e. The summed E-state index contributed by atoms with van der Waals surface area (Å²) in [4.78, 5) is 18.1. The maximum atomic E-state index is 11.2. The predicted molar refractivity (Wildman–Crippen MR) is 64.9 cm³/mol. The third-order valence-electron chi connectivity index (χ3n) is 3.09. The van der Waals surface area contributed by atoms with E-state index in [1.807, 2.05) is 0 Å². The average Bonchev–Trinajstić information content (AvgIpc) is 2.89. The minimum absolute atomic E-state index is 0.165. The first-order valence-corrected chi connectivity index (χ1v) is 6.09. The van der Waals surface area contributed by atoms with Crippen LogP contribution < -0.4 is 10.9 Å². The molecular formula is C12H14N4O2. The Balaban J connectivity index is 1.86. The highest BCUT2D eigenvalue weighted by Gasteiger charge is 2.20. The monoisotopic (exact) mass is 246 g/mol. The number of piperidine rings is 1. The van der Waals surface area contributed by atoms with Gasteiger partial charge in [-0.2, -0.15) is 4.98 Å². The fraction of sp³-hybridized carbons (Fsp3) is 0.417. The molecule has 1 aliphatic heterocycles. The summed E-state index contributed by atoms with van der Waals surface area (Å²) in [6.07, 6.45) is 4.95. The fourth-order valence-corrected chi connectivity index (χ4v) is 2.14. The first-order valence-electron chi connectivity index (χ1n) is 6.09. The number of aromatic amines is 1. The summed E-state index contributed by atoms with van der Waals surface area (Å²) in [5.41, 5.74) is 0.469. The van der Waals surface area contributed by atoms with Crippen LogP contribution in [-0.2, 0) is 0 Å². The molecule has 1 fully saturated rings. The van der Waals surface area contributed by atoms with Gasteiger partial charge in [0.15, 0.2) is 5.82 Å². The van der Waals surface area contributed by atoms with Crippen LogP contribution >= 0.6 is 0 Å². The van der Waals surface area contributed by atoms with Crippen molar-refractivity contribution >= 4 is 0 Å². The Morgan fingerprint density at radius 2 is 2.33 bits per heavy atom. The van der Waals surface area contributed by atoms with E-state index in [2.05, 4.69) is 20.4 Å². The molecule has 0 saturated carbocycles. The highest BCUT2D eigenvalue weighted by Crippen LogP contribution is 2.23. The largest absolute Gasteiger partial charge is 0.334 e. The normalized spacial score (nSPS) is 19.9. The van der Waals surface area contributed by atoms with Crippen molar-refractivity contribution in [3.8, 4) is 11.5 Å². The molecule has 1 atom stereocenters. The Morgan fingerprint density at radius 1 is 1.39 bits per heavy atom. The van der Waals surface area contributed by atoms with Crippen molar-refractivity contribution in [2.24, 2.45) is 0 Å². The van der Waals surface area contributed by atoms with E-state index in [9.17, 15) is 4.79 Å². The second-order valence-corrected chi connectivity index (χ2v) is 4.40. The summed E-state index contributed by atoms with van der Waals surface area (Å²) in [5, 5.41) is 7.34. The molecule has 6 heteroatoms. The van der Waals surface area contributed by atoms with E-state index in [0.29, 0.717) is 17.3 Å². The number of pyridine rings is 1. The Hall–Kier alpha value is -1.95. The number of aromatic nitrogens is 3. The van der Waals surface area contributed by atoms with Crippen molar-refractivity contribution in [2.45, 2.75) is 25.3 Å². The summed E-state index contributed by atoms with van der Waals surface area (Å²) in [6.45, 7) is 0.986. The quantitative estimate of drug-likeness (QED) is 0.832. The second-order valence-electron chi connectivity index (χ2n) is 4.40. The number of hydrogen-bond acceptors (Lipinski definition) is 5. The van der Waals surface area contributed by atoms with Crippen LogP contribution in [0.5, 0.6) is 0 Å². The van der Waals surface area contributed by atoms with Gasteiger partial charge in [-0.1, -0.05) is 11.6 Å². The molecule has 1 saturated heterocycles. The predicted octanol–water partition coefficient (Wildman–Crippen LogP) is 1.24. The molecule has 0 aromatic carbocycles. The molecule has 6 nitrogen and oxygen atoms in total. The van der Waals surface area contributed by atoms with Crippen LogP contribution in [0.3, 0.4) is 0 Å². The molecule has 2 N–H and O–H groups in total. The summed E-state index contributed by atoms with van der Waals surface area (Å²) >= 11 is 0. The summed E-state index contributed by atoms with van der Waals surface area (Å²) in [5.74, 6) is 1.06. The van der Waals surface area contributed by atoms with Crippen LogP contribution in [0.2, 0.25) is 0 Å². The number of nitrogens with zero attached hydrogens (tertiary/aromatic N) is 2. The lowest BCUT2D eigenvalue weighted by Crippen LogP contribution is -2.27. The van der Waals surface area contributed by atoms with Gasteiger partial charge in [0.05, 0.1) is 6.04 Å². The van der Waals surface area contributed by atoms with Crippen LogP contribution in [-0.4, -0.2) is 21.7 Å². The van der Waals surface area contributed by atoms with E-state index >= 15 is 0 Å². The topological polar surface area (TPSA) is 83.8 Å². The molecule has 1 unspecified atom stereocenters. The van der Waals surface area contributed by atoms with Crippen LogP contribution in [0, 0.1) is 0 Å². The number of rotatable bonds is 2. The van der Waals surface area contributed by atoms with Crippen molar-refractivity contribution in [3.05, 3.63) is 34.5 Å². The molecule has 0 aliphatic carbocycles. The van der Waals surface area contributed by atoms with Gasteiger partial charge in [0.25, 0.3) is 5.89 Å². The van der Waals surface area contributed by atoms with Crippen molar-refractivity contribution < 1.29 is 4.52 Å². The standard InChI is InChI=1S/C12H14N4O2/c17-10-7-8(4-6-14-10)12-15-11(16-18-12)9-3-1-2-5-13-9/h4,6-7,9,13H,1-3,5H2,(H,14,17). The molecule has 0 bridgehead atoms. The lowest BCUT2D eigenvalue weighted by atomic mass is 10.0. The van der Waals surface area contributed by atoms with Gasteiger partial charge in [-0.25, -0.2) is 0 Å². The highest BCUT2D eigenvalue weighted by molar-refractivity contribution is 5.51. The van der Waals surface area contributed by atoms with Gasteiger partial charge in [0.1, 0.15) is 0 Å². The minimum atomic E-state index is -0.178. The highest BCUT2D eigenvalue weighted by atomic mass is 16.5. The SMILES string of the molecule is O=c1cc(-c2nc(C3CCCCN3)no2)cc[nH]1. The third-order valence-corrected chi connectivity index (χ3v) is 3.09. The van der Waals surface area contributed by atoms with Crippen LogP contribution in [0.4, 0.5) is 0 Å². The van der Waals surface area contributed by atoms with Crippen LogP contribution in [0.25, 0.3) is 11.5 Å². The summed E-state index contributed by atoms with van der Waals surface area (Å²) < 4.78 is 5.21. The Morgan fingerprint density at radius 3 is 3.11 bits per heavy atom. The maximum Gasteiger partial charge on any atom is 0.258 e. The zero-order chi connectivity index (χ0) is 12.4. The van der Waals surface area contributed by atoms with Gasteiger partial charge < -0.3 is 14.8 Å². The fourth-order valence-electron chi connectivity index (χ4n) is 2.14. The van der Waals surface area contributed by atoms with Crippen molar-refractivity contribution in [3.63, 3.8) is 0 Å². The molecule has 0 radical (unpaired) electrons. The molecular weight excluding hydrogens is 232 g/mol. The lowest BCUT2D eigenvalue weighted by Gasteiger charge is -2.19. The lowest BCUT2D eigenvalue weighted by molar-refractivity contribution is 0.367. The Labute approximate surface area is 103 Å². The second kappa shape index (κ2) is 4.73. The molecule has 0 spiro atoms. The van der Waals surface area contributed by atoms with E-state index in [1.54, 1.807) is 12.3 Å². The molecule has 3 rings (SSSR count). The summed E-state index contributed by atoms with van der Waals surface area (Å²) in [6, 6.07) is 3.36. The molecule has 3 heterocycles. The van der Waals surface area contributed by atoms with E-state index < -0.39 is 0 Å². The molecule has 94 valence electrons. The van der Waals surface area contributed by atoms with Gasteiger partial charge in [-0.15, -0.1) is 0 Å². The van der Waals surface area contributed by atoms with E-state index in [4.69, 9.17) is 4.52 Å². The molecule has 18 heavy (non-hydrogen) atoms. The first kappa shape index (κ1) is 11.2. The van der Waals surface area contributed by atoms with E-state index in [-0.39, 0.29) is 11.6 Å². The number of H-pyrrole nitrogens is 1. The van der Waals surface area contributed by atoms with E-state index in [0.717, 1.165) is 13.0 Å². The summed E-state index contributed by atoms with van der Waals surface area (Å²) in [7, 11) is 0. The van der Waals surface area contributed by atoms with Gasteiger partial charge in [-0.05, 0) is 25.5 Å². The van der Waals surface area contributed by atoms with Gasteiger partial charge >= 0.3 is 0 Å². The molecule has 2 aromatic heterocycles. The zero-order valence-electron chi connectivity index (χ0n) is 9.85. The molecule has 2 aromatic rings. The maximum absolute atomic E-state index is 11.2. The molecule has 0 amide bonds. The Bertz CT molecular complexity index is 584. The minimum Gasteiger partial charge on any atom is -0.334 e. The third kappa shape index (κ3) is 2.19. The van der Waals surface area contributed by atoms with Gasteiger partial charge in [0, 0.05) is 17.8 Å². The number of nitrogens with one attached hydrogen (secondary N) is 2. The van der Waals surface area contributed by atoms with Gasteiger partial charge in [0.2, 0.25) is 5.56 Å². The van der Waals surface area contributed by atoms with Crippen LogP contribution in [0.15, 0.2) is 27.6 Å². The molecule has 1 aliphatic rings.